The number of hydrogen-bond acceptors (Lipinski definition) is 1. The van der Waals surface area contributed by atoms with Gasteiger partial charge in [0.05, 0.1) is 0 Å². The van der Waals surface area contributed by atoms with Crippen molar-refractivity contribution in [1.82, 2.24) is 0 Å². The van der Waals surface area contributed by atoms with Gasteiger partial charge >= 0.3 is 0 Å². The molecule has 1 saturated carbocycles. The van der Waals surface area contributed by atoms with E-state index in [4.69, 9.17) is 11.6 Å². The quantitative estimate of drug-likeness (QED) is 0.525. The summed E-state index contributed by atoms with van der Waals surface area (Å²) in [5, 5.41) is 0.837. The van der Waals surface area contributed by atoms with Crippen LogP contribution in [0.25, 0.3) is 0 Å². The molecular formula is C14H19ClS. The molecule has 1 aliphatic carbocycles. The second kappa shape index (κ2) is 6.56. The minimum absolute atomic E-state index is 0.619. The summed E-state index contributed by atoms with van der Waals surface area (Å²) in [5.41, 5.74) is 1.21. The molecule has 1 aliphatic rings. The Kier molecular flexibility index (Phi) is 5.05. The minimum Gasteiger partial charge on any atom is -0.123 e. The molecule has 0 radical (unpaired) electrons. The highest BCUT2D eigenvalue weighted by Gasteiger charge is 2.13. The summed E-state index contributed by atoms with van der Waals surface area (Å²) in [6.07, 6.45) is 8.48. The molecule has 0 saturated heterocycles. The van der Waals surface area contributed by atoms with Gasteiger partial charge in [0.1, 0.15) is 0 Å². The molecule has 2 rings (SSSR count). The Morgan fingerprint density at radius 2 is 1.62 bits per heavy atom. The Morgan fingerprint density at radius 1 is 1.00 bits per heavy atom. The molecule has 0 spiro atoms. The standard InChI is InChI=1S/C14H19ClS/c15-11-12-7-9-14(10-8-12)16-13-5-3-1-2-4-6-13/h7-10,13H,1-6,11H2. The van der Waals surface area contributed by atoms with Gasteiger partial charge in [-0.05, 0) is 30.5 Å². The molecule has 1 fully saturated rings. The molecule has 0 atom stereocenters. The molecule has 0 aromatic heterocycles. The monoisotopic (exact) mass is 254 g/mol. The van der Waals surface area contributed by atoms with Gasteiger partial charge in [-0.3, -0.25) is 0 Å². The Labute approximate surface area is 108 Å². The highest BCUT2D eigenvalue weighted by atomic mass is 35.5. The molecule has 0 aliphatic heterocycles. The lowest BCUT2D eigenvalue weighted by atomic mass is 10.2. The third-order valence-corrected chi connectivity index (χ3v) is 4.84. The van der Waals surface area contributed by atoms with E-state index in [0.717, 1.165) is 5.25 Å². The molecule has 0 amide bonds. The Balaban J connectivity index is 1.91. The van der Waals surface area contributed by atoms with Crippen LogP contribution in [0.1, 0.15) is 44.1 Å². The SMILES string of the molecule is ClCc1ccc(SC2CCCCCC2)cc1. The van der Waals surface area contributed by atoms with E-state index < -0.39 is 0 Å². The largest absolute Gasteiger partial charge is 0.123 e. The van der Waals surface area contributed by atoms with Gasteiger partial charge in [-0.2, -0.15) is 0 Å². The fourth-order valence-electron chi connectivity index (χ4n) is 2.21. The summed E-state index contributed by atoms with van der Waals surface area (Å²) in [6.45, 7) is 0. The first kappa shape index (κ1) is 12.3. The minimum atomic E-state index is 0.619. The van der Waals surface area contributed by atoms with Gasteiger partial charge in [0.25, 0.3) is 0 Å². The van der Waals surface area contributed by atoms with Gasteiger partial charge in [0, 0.05) is 16.0 Å². The average Bonchev–Trinajstić information content (AvgIpc) is 2.59. The van der Waals surface area contributed by atoms with E-state index in [-0.39, 0.29) is 0 Å². The van der Waals surface area contributed by atoms with Crippen molar-refractivity contribution in [3.63, 3.8) is 0 Å². The molecule has 0 heterocycles. The van der Waals surface area contributed by atoms with Crippen molar-refractivity contribution in [3.8, 4) is 0 Å². The first-order valence-corrected chi connectivity index (χ1v) is 7.61. The maximum Gasteiger partial charge on any atom is 0.0474 e. The van der Waals surface area contributed by atoms with Crippen LogP contribution < -0.4 is 0 Å². The Hall–Kier alpha value is -0.140. The number of benzene rings is 1. The summed E-state index contributed by atoms with van der Waals surface area (Å²) in [5.74, 6) is 0.619. The topological polar surface area (TPSA) is 0 Å². The lowest BCUT2D eigenvalue weighted by Gasteiger charge is -2.13. The fraction of sp³-hybridized carbons (Fsp3) is 0.571. The van der Waals surface area contributed by atoms with E-state index >= 15 is 0 Å². The number of rotatable bonds is 3. The van der Waals surface area contributed by atoms with E-state index in [9.17, 15) is 0 Å². The third kappa shape index (κ3) is 3.71. The zero-order chi connectivity index (χ0) is 11.2. The van der Waals surface area contributed by atoms with Crippen molar-refractivity contribution in [1.29, 1.82) is 0 Å². The van der Waals surface area contributed by atoms with Crippen LogP contribution in [0.2, 0.25) is 0 Å². The Bertz CT molecular complexity index is 299. The molecule has 0 N–H and O–H groups in total. The molecule has 0 bridgehead atoms. The average molecular weight is 255 g/mol. The second-order valence-electron chi connectivity index (χ2n) is 4.51. The van der Waals surface area contributed by atoms with Crippen molar-refractivity contribution >= 4 is 23.4 Å². The predicted octanol–water partition coefficient (Wildman–Crippen LogP) is 5.24. The fourth-order valence-corrected chi connectivity index (χ4v) is 3.63. The summed E-state index contributed by atoms with van der Waals surface area (Å²) in [6, 6.07) is 8.72. The van der Waals surface area contributed by atoms with E-state index in [0.29, 0.717) is 5.88 Å². The molecule has 0 nitrogen and oxygen atoms in total. The summed E-state index contributed by atoms with van der Waals surface area (Å²) in [4.78, 5) is 1.40. The van der Waals surface area contributed by atoms with Crippen LogP contribution in [0.5, 0.6) is 0 Å². The molecule has 16 heavy (non-hydrogen) atoms. The lowest BCUT2D eigenvalue weighted by Crippen LogP contribution is -1.99. The van der Waals surface area contributed by atoms with Crippen LogP contribution in [-0.2, 0) is 5.88 Å². The summed E-state index contributed by atoms with van der Waals surface area (Å²) < 4.78 is 0. The molecule has 0 unspecified atom stereocenters. The van der Waals surface area contributed by atoms with Crippen molar-refractivity contribution in [3.05, 3.63) is 29.8 Å². The molecule has 1 aromatic rings. The molecular weight excluding hydrogens is 236 g/mol. The van der Waals surface area contributed by atoms with Crippen LogP contribution >= 0.6 is 23.4 Å². The highest BCUT2D eigenvalue weighted by Crippen LogP contribution is 2.32. The summed E-state index contributed by atoms with van der Waals surface area (Å²) >= 11 is 7.84. The zero-order valence-electron chi connectivity index (χ0n) is 9.62. The van der Waals surface area contributed by atoms with Gasteiger partial charge < -0.3 is 0 Å². The first-order valence-electron chi connectivity index (χ1n) is 6.20. The van der Waals surface area contributed by atoms with E-state index in [1.165, 1.54) is 49.0 Å². The third-order valence-electron chi connectivity index (χ3n) is 3.18. The number of thioether (sulfide) groups is 1. The van der Waals surface area contributed by atoms with E-state index in [1.54, 1.807) is 0 Å². The van der Waals surface area contributed by atoms with Crippen molar-refractivity contribution in [2.75, 3.05) is 0 Å². The number of halogens is 1. The van der Waals surface area contributed by atoms with Gasteiger partial charge in [-0.1, -0.05) is 37.8 Å². The van der Waals surface area contributed by atoms with Crippen LogP contribution in [0.15, 0.2) is 29.2 Å². The van der Waals surface area contributed by atoms with Crippen LogP contribution in [0, 0.1) is 0 Å². The maximum absolute atomic E-state index is 5.79. The second-order valence-corrected chi connectivity index (χ2v) is 6.15. The molecule has 88 valence electrons. The van der Waals surface area contributed by atoms with Gasteiger partial charge in [0.15, 0.2) is 0 Å². The van der Waals surface area contributed by atoms with E-state index in [1.807, 2.05) is 0 Å². The zero-order valence-corrected chi connectivity index (χ0v) is 11.2. The normalized spacial score (nSPS) is 18.3. The number of hydrogen-bond donors (Lipinski definition) is 0. The van der Waals surface area contributed by atoms with Crippen molar-refractivity contribution in [2.45, 2.75) is 54.6 Å². The van der Waals surface area contributed by atoms with Gasteiger partial charge in [-0.25, -0.2) is 0 Å². The summed E-state index contributed by atoms with van der Waals surface area (Å²) in [7, 11) is 0. The van der Waals surface area contributed by atoms with Crippen LogP contribution in [-0.4, -0.2) is 5.25 Å². The first-order chi connectivity index (χ1) is 7.88. The van der Waals surface area contributed by atoms with E-state index in [2.05, 4.69) is 36.0 Å². The lowest BCUT2D eigenvalue weighted by molar-refractivity contribution is 0.702. The number of alkyl halides is 1. The molecule has 1 aromatic carbocycles. The van der Waals surface area contributed by atoms with Gasteiger partial charge in [-0.15, -0.1) is 23.4 Å². The smallest absolute Gasteiger partial charge is 0.0474 e. The maximum atomic E-state index is 5.79. The predicted molar refractivity (Wildman–Crippen MR) is 73.3 cm³/mol. The Morgan fingerprint density at radius 3 is 2.19 bits per heavy atom. The van der Waals surface area contributed by atoms with Crippen LogP contribution in [0.4, 0.5) is 0 Å². The van der Waals surface area contributed by atoms with Crippen LogP contribution in [0.3, 0.4) is 0 Å². The van der Waals surface area contributed by atoms with Crippen molar-refractivity contribution in [2.24, 2.45) is 0 Å². The van der Waals surface area contributed by atoms with Crippen molar-refractivity contribution < 1.29 is 0 Å². The molecule has 2 heteroatoms. The highest BCUT2D eigenvalue weighted by molar-refractivity contribution is 8.00. The van der Waals surface area contributed by atoms with Gasteiger partial charge in [0.2, 0.25) is 0 Å².